The van der Waals surface area contributed by atoms with Crippen LogP contribution >= 0.6 is 0 Å². The smallest absolute Gasteiger partial charge is 0.412 e. The molecule has 0 atom stereocenters. The molecular weight excluding hydrogens is 261 g/mol. The minimum absolute atomic E-state index is 0. The van der Waals surface area contributed by atoms with Crippen molar-refractivity contribution in [3.05, 3.63) is 0 Å². The van der Waals surface area contributed by atoms with Crippen molar-refractivity contribution < 1.29 is 122 Å². The van der Waals surface area contributed by atoms with Crippen LogP contribution in [-0.2, 0) is 0 Å². The summed E-state index contributed by atoms with van der Waals surface area (Å²) in [6.45, 7) is 0. The van der Waals surface area contributed by atoms with Gasteiger partial charge in [0.15, 0.2) is 0 Å². The van der Waals surface area contributed by atoms with Gasteiger partial charge < -0.3 is 5.48 Å². The van der Waals surface area contributed by atoms with Gasteiger partial charge in [-0.1, -0.05) is 0 Å². The minimum Gasteiger partial charge on any atom is -0.412 e. The molecule has 9 nitrogen and oxygen atoms in total. The quantitative estimate of drug-likeness (QED) is 0.381. The summed E-state index contributed by atoms with van der Waals surface area (Å²) in [4.78, 5) is 0. The first kappa shape index (κ1) is 29.5. The summed E-state index contributed by atoms with van der Waals surface area (Å²) in [6, 6.07) is 0. The molecule has 0 saturated carbocycles. The van der Waals surface area contributed by atoms with Crippen LogP contribution in [0, 0.1) is 20.5 Å². The zero-order valence-corrected chi connectivity index (χ0v) is 12.0. The van der Waals surface area contributed by atoms with Gasteiger partial charge in [0, 0.05) is 0 Å². The van der Waals surface area contributed by atoms with Gasteiger partial charge in [-0.25, -0.2) is 37.3 Å². The first-order valence-electron chi connectivity index (χ1n) is 1.23. The maximum atomic E-state index is 8.49. The van der Waals surface area contributed by atoms with Crippen molar-refractivity contribution in [2.75, 3.05) is 0 Å². The Morgan fingerprint density at radius 1 is 0.462 bits per heavy atom. The van der Waals surface area contributed by atoms with Crippen LogP contribution in [0.1, 0.15) is 0 Å². The van der Waals surface area contributed by atoms with E-state index >= 15 is 0 Å². The van der Waals surface area contributed by atoms with E-state index in [-0.39, 0.29) is 64.6 Å². The Labute approximate surface area is 121 Å². The van der Waals surface area contributed by atoms with Crippen molar-refractivity contribution in [3.63, 3.8) is 0 Å². The van der Waals surface area contributed by atoms with Gasteiger partial charge in [0.1, 0.15) is 0 Å². The van der Waals surface area contributed by atoms with Crippen LogP contribution < -0.4 is 96.4 Å². The second kappa shape index (κ2) is 12.3. The topological polar surface area (TPSA) is 216 Å². The molecule has 0 unspecified atom stereocenters. The molecular formula is H2Cl2Na2O9. The Morgan fingerprint density at radius 3 is 0.462 bits per heavy atom. The predicted molar refractivity (Wildman–Crippen MR) is 3.61 cm³/mol. The fourth-order valence-corrected chi connectivity index (χ4v) is 0. The zero-order chi connectivity index (χ0) is 9.00. The van der Waals surface area contributed by atoms with E-state index in [2.05, 4.69) is 0 Å². The summed E-state index contributed by atoms with van der Waals surface area (Å²) in [5.41, 5.74) is 0. The molecule has 0 rings (SSSR count). The summed E-state index contributed by atoms with van der Waals surface area (Å²) < 4.78 is 67.9. The van der Waals surface area contributed by atoms with Crippen LogP contribution in [0.15, 0.2) is 0 Å². The molecule has 0 heterocycles. The van der Waals surface area contributed by atoms with Gasteiger partial charge in [-0.3, -0.25) is 0 Å². The molecule has 13 heavy (non-hydrogen) atoms. The molecule has 0 spiro atoms. The number of hydrogen-bond donors (Lipinski definition) is 0. The third-order valence-electron chi connectivity index (χ3n) is 0. The third kappa shape index (κ3) is 431. The van der Waals surface area contributed by atoms with E-state index < -0.39 is 20.5 Å². The fraction of sp³-hybridized carbons (Fsp3) is 0. The first-order valence-corrected chi connectivity index (χ1v) is 3.70. The molecule has 0 aromatic rings. The second-order valence-corrected chi connectivity index (χ2v) is 2.27. The van der Waals surface area contributed by atoms with Gasteiger partial charge in [-0.15, -0.1) is 20.5 Å². The molecule has 0 fully saturated rings. The van der Waals surface area contributed by atoms with E-state index in [1.807, 2.05) is 0 Å². The van der Waals surface area contributed by atoms with Crippen LogP contribution in [0.3, 0.4) is 0 Å². The summed E-state index contributed by atoms with van der Waals surface area (Å²) >= 11 is 0. The van der Waals surface area contributed by atoms with Gasteiger partial charge in [-0.05, 0) is 0 Å². The fourth-order valence-electron chi connectivity index (χ4n) is 0. The summed E-state index contributed by atoms with van der Waals surface area (Å²) in [5, 5.41) is 0. The number of halogens is 2. The van der Waals surface area contributed by atoms with Gasteiger partial charge in [0.25, 0.3) is 0 Å². The Hall–Kier alpha value is 2.22. The molecule has 0 amide bonds. The summed E-state index contributed by atoms with van der Waals surface area (Å²) in [7, 11) is -9.89. The zero-order valence-electron chi connectivity index (χ0n) is 6.52. The van der Waals surface area contributed by atoms with Crippen LogP contribution in [0.5, 0.6) is 0 Å². The van der Waals surface area contributed by atoms with E-state index in [1.54, 1.807) is 0 Å². The molecule has 0 aliphatic heterocycles. The van der Waals surface area contributed by atoms with Crippen molar-refractivity contribution in [1.82, 2.24) is 0 Å². The monoisotopic (exact) mass is 262 g/mol. The first-order chi connectivity index (χ1) is 4.00. The third-order valence-corrected chi connectivity index (χ3v) is 0. The molecule has 72 valence electrons. The normalized spacial score (nSPS) is 9.23. The van der Waals surface area contributed by atoms with Crippen molar-refractivity contribution in [2.45, 2.75) is 0 Å². The van der Waals surface area contributed by atoms with Gasteiger partial charge >= 0.3 is 59.1 Å². The van der Waals surface area contributed by atoms with Gasteiger partial charge in [0.05, 0.1) is 0 Å². The van der Waals surface area contributed by atoms with Crippen LogP contribution in [-0.4, -0.2) is 5.48 Å². The Bertz CT molecular complexity index is 58.6. The van der Waals surface area contributed by atoms with Crippen LogP contribution in [0.4, 0.5) is 0 Å². The molecule has 0 aromatic heterocycles. The maximum absolute atomic E-state index is 8.49. The predicted octanol–water partition coefficient (Wildman–Crippen LogP) is -16.3. The Morgan fingerprint density at radius 2 is 0.462 bits per heavy atom. The largest absolute Gasteiger partial charge is 1.00 e. The summed E-state index contributed by atoms with van der Waals surface area (Å²) in [6.07, 6.45) is 0. The minimum atomic E-state index is -4.94. The second-order valence-electron chi connectivity index (χ2n) is 0.756. The Kier molecular flexibility index (Phi) is 27.9. The Balaban J connectivity index is -0.0000000267. The molecule has 0 aromatic carbocycles. The molecule has 0 aliphatic carbocycles. The maximum Gasteiger partial charge on any atom is 1.00 e. The average molecular weight is 263 g/mol. The number of hydrogen-bond acceptors (Lipinski definition) is 8. The van der Waals surface area contributed by atoms with E-state index in [0.717, 1.165) is 0 Å². The van der Waals surface area contributed by atoms with E-state index in [9.17, 15) is 0 Å². The molecule has 0 radical (unpaired) electrons. The SMILES string of the molecule is O.[Na+].[Na+].[O-][Cl+3]([O-])([O-])[O-].[O-][Cl+3]([O-])([O-])[O-]. The standard InChI is InChI=1S/2ClHO4.2Na.H2O/c2*2-1(3,4)5;;;/h2*(H,2,3,4,5);;;1H2/q;;2*+1;/p-2. The molecule has 0 aliphatic rings. The van der Waals surface area contributed by atoms with Crippen LogP contribution in [0.2, 0.25) is 0 Å². The summed E-state index contributed by atoms with van der Waals surface area (Å²) in [5.74, 6) is 0. The van der Waals surface area contributed by atoms with E-state index in [0.29, 0.717) is 0 Å². The molecule has 2 N–H and O–H groups in total. The van der Waals surface area contributed by atoms with Gasteiger partial charge in [-0.2, -0.15) is 0 Å². The average Bonchev–Trinajstić information content (AvgIpc) is 1.12. The molecule has 0 saturated heterocycles. The van der Waals surface area contributed by atoms with Crippen molar-refractivity contribution in [3.8, 4) is 0 Å². The van der Waals surface area contributed by atoms with E-state index in [4.69, 9.17) is 37.3 Å². The van der Waals surface area contributed by atoms with Crippen molar-refractivity contribution in [1.29, 1.82) is 0 Å². The van der Waals surface area contributed by atoms with Crippen molar-refractivity contribution in [2.24, 2.45) is 0 Å². The molecule has 13 heteroatoms. The van der Waals surface area contributed by atoms with Crippen LogP contribution in [0.25, 0.3) is 0 Å². The molecule has 0 bridgehead atoms. The van der Waals surface area contributed by atoms with Crippen molar-refractivity contribution >= 4 is 0 Å². The van der Waals surface area contributed by atoms with Gasteiger partial charge in [0.2, 0.25) is 0 Å². The van der Waals surface area contributed by atoms with E-state index in [1.165, 1.54) is 0 Å². The number of rotatable bonds is 0.